The van der Waals surface area contributed by atoms with Crippen molar-refractivity contribution in [3.8, 4) is 0 Å². The van der Waals surface area contributed by atoms with E-state index < -0.39 is 16.2 Å². The molecule has 0 fully saturated rings. The van der Waals surface area contributed by atoms with E-state index in [1.807, 2.05) is 6.92 Å². The molecule has 0 saturated carbocycles. The summed E-state index contributed by atoms with van der Waals surface area (Å²) in [6.07, 6.45) is -0.199. The Hall–Kier alpha value is -2.49. The number of halogens is 5. The summed E-state index contributed by atoms with van der Waals surface area (Å²) < 4.78 is 66.5. The average molecular weight is 531 g/mol. The van der Waals surface area contributed by atoms with Crippen molar-refractivity contribution in [1.82, 2.24) is 9.97 Å². The maximum atomic E-state index is 13.0. The SMILES string of the molecule is CC1C=CC(OC(F)(F)F)=C(c2c(Cl)cc3[nH]c(Cc4ccc(S(C)(=O)=O)cc4)nc3c2Cl)C1. The Balaban J connectivity index is 1.74. The molecular formula is C23H19Cl2F3N2O3S. The van der Waals surface area contributed by atoms with E-state index in [-0.39, 0.29) is 44.2 Å². The smallest absolute Gasteiger partial charge is 0.405 e. The van der Waals surface area contributed by atoms with Crippen LogP contribution in [0.15, 0.2) is 53.1 Å². The largest absolute Gasteiger partial charge is 0.573 e. The molecule has 1 atom stereocenters. The molecular weight excluding hydrogens is 512 g/mol. The summed E-state index contributed by atoms with van der Waals surface area (Å²) in [5.74, 6) is 0.147. The molecule has 5 nitrogen and oxygen atoms in total. The van der Waals surface area contributed by atoms with Gasteiger partial charge in [0.1, 0.15) is 17.1 Å². The van der Waals surface area contributed by atoms with E-state index in [9.17, 15) is 21.6 Å². The molecule has 0 bridgehead atoms. The first-order chi connectivity index (χ1) is 15.8. The van der Waals surface area contributed by atoms with Gasteiger partial charge in [-0.05, 0) is 42.2 Å². The lowest BCUT2D eigenvalue weighted by Gasteiger charge is -2.23. The van der Waals surface area contributed by atoms with Crippen LogP contribution in [0.3, 0.4) is 0 Å². The zero-order chi connectivity index (χ0) is 24.8. The zero-order valence-corrected chi connectivity index (χ0v) is 20.3. The number of fused-ring (bicyclic) bond motifs is 1. The minimum atomic E-state index is -4.86. The second-order valence-electron chi connectivity index (χ2n) is 8.15. The molecule has 4 rings (SSSR count). The minimum absolute atomic E-state index is 0.0388. The Morgan fingerprint density at radius 2 is 1.88 bits per heavy atom. The number of nitrogens with one attached hydrogen (secondary N) is 1. The van der Waals surface area contributed by atoms with Gasteiger partial charge in [0.05, 0.1) is 20.5 Å². The van der Waals surface area contributed by atoms with Crippen molar-refractivity contribution in [2.24, 2.45) is 5.92 Å². The molecule has 1 heterocycles. The summed E-state index contributed by atoms with van der Waals surface area (Å²) >= 11 is 13.1. The summed E-state index contributed by atoms with van der Waals surface area (Å²) in [5, 5.41) is 0.296. The van der Waals surface area contributed by atoms with Crippen molar-refractivity contribution in [3.63, 3.8) is 0 Å². The molecule has 34 heavy (non-hydrogen) atoms. The fraction of sp³-hybridized carbons (Fsp3) is 0.261. The van der Waals surface area contributed by atoms with Gasteiger partial charge in [-0.15, -0.1) is 13.2 Å². The fourth-order valence-corrected chi connectivity index (χ4v) is 5.18. The Labute approximate surface area is 204 Å². The van der Waals surface area contributed by atoms with Gasteiger partial charge in [-0.1, -0.05) is 48.3 Å². The number of aromatic amines is 1. The number of nitrogens with zero attached hydrogens (tertiary/aromatic N) is 1. The summed E-state index contributed by atoms with van der Waals surface area (Å²) in [6.45, 7) is 1.86. The maximum absolute atomic E-state index is 13.0. The van der Waals surface area contributed by atoms with Crippen LogP contribution in [0.1, 0.15) is 30.3 Å². The first-order valence-corrected chi connectivity index (χ1v) is 12.8. The monoisotopic (exact) mass is 530 g/mol. The summed E-state index contributed by atoms with van der Waals surface area (Å²) in [6, 6.07) is 7.97. The first-order valence-electron chi connectivity index (χ1n) is 10.1. The van der Waals surface area contributed by atoms with Crippen LogP contribution in [0.4, 0.5) is 13.2 Å². The third-order valence-corrected chi connectivity index (χ3v) is 7.16. The number of sulfone groups is 1. The molecule has 1 N–H and O–H groups in total. The van der Waals surface area contributed by atoms with E-state index in [1.54, 1.807) is 24.3 Å². The van der Waals surface area contributed by atoms with Crippen LogP contribution in [0.5, 0.6) is 0 Å². The number of imidazole rings is 1. The number of hydrogen-bond acceptors (Lipinski definition) is 4. The number of alkyl halides is 3. The molecule has 1 aliphatic carbocycles. The Kier molecular flexibility index (Phi) is 6.48. The van der Waals surface area contributed by atoms with Gasteiger partial charge in [0.15, 0.2) is 9.84 Å². The Bertz CT molecular complexity index is 1430. The van der Waals surface area contributed by atoms with E-state index in [4.69, 9.17) is 23.2 Å². The van der Waals surface area contributed by atoms with Crippen molar-refractivity contribution >= 4 is 49.6 Å². The summed E-state index contributed by atoms with van der Waals surface area (Å²) in [7, 11) is -3.30. The Morgan fingerprint density at radius 1 is 1.21 bits per heavy atom. The first kappa shape index (κ1) is 24.6. The third-order valence-electron chi connectivity index (χ3n) is 5.37. The van der Waals surface area contributed by atoms with Crippen LogP contribution in [0.2, 0.25) is 10.0 Å². The highest BCUT2D eigenvalue weighted by Gasteiger charge is 2.34. The molecule has 3 aromatic rings. The molecule has 2 aromatic carbocycles. The molecule has 0 aliphatic heterocycles. The molecule has 11 heteroatoms. The van der Waals surface area contributed by atoms with Gasteiger partial charge in [0, 0.05) is 23.8 Å². The summed E-state index contributed by atoms with van der Waals surface area (Å²) in [4.78, 5) is 7.85. The van der Waals surface area contributed by atoms with Gasteiger partial charge in [-0.25, -0.2) is 13.4 Å². The van der Waals surface area contributed by atoms with E-state index in [1.165, 1.54) is 18.2 Å². The number of rotatable bonds is 5. The van der Waals surface area contributed by atoms with Crippen LogP contribution in [-0.2, 0) is 21.0 Å². The molecule has 1 aliphatic rings. The molecule has 180 valence electrons. The highest BCUT2D eigenvalue weighted by molar-refractivity contribution is 7.90. The quantitative estimate of drug-likeness (QED) is 0.398. The molecule has 0 saturated heterocycles. The topological polar surface area (TPSA) is 72.1 Å². The van der Waals surface area contributed by atoms with Crippen molar-refractivity contribution in [2.75, 3.05) is 6.26 Å². The molecule has 0 radical (unpaired) electrons. The normalized spacial score (nSPS) is 17.0. The van der Waals surface area contributed by atoms with Gasteiger partial charge in [-0.3, -0.25) is 0 Å². The van der Waals surface area contributed by atoms with E-state index in [0.717, 1.165) is 11.8 Å². The highest BCUT2D eigenvalue weighted by atomic mass is 35.5. The lowest BCUT2D eigenvalue weighted by molar-refractivity contribution is -0.303. The van der Waals surface area contributed by atoms with Crippen molar-refractivity contribution in [1.29, 1.82) is 0 Å². The van der Waals surface area contributed by atoms with Crippen LogP contribution in [0, 0.1) is 5.92 Å². The highest BCUT2D eigenvalue weighted by Crippen LogP contribution is 2.43. The van der Waals surface area contributed by atoms with Crippen molar-refractivity contribution in [2.45, 2.75) is 31.0 Å². The number of ether oxygens (including phenoxy) is 1. The van der Waals surface area contributed by atoms with Crippen molar-refractivity contribution < 1.29 is 26.3 Å². The number of H-pyrrole nitrogens is 1. The number of benzene rings is 2. The van der Waals surface area contributed by atoms with Crippen LogP contribution < -0.4 is 0 Å². The number of aromatic nitrogens is 2. The number of allylic oxidation sites excluding steroid dienone is 3. The van der Waals surface area contributed by atoms with Gasteiger partial charge in [0.25, 0.3) is 0 Å². The summed E-state index contributed by atoms with van der Waals surface area (Å²) in [5.41, 5.74) is 2.21. The van der Waals surface area contributed by atoms with E-state index >= 15 is 0 Å². The van der Waals surface area contributed by atoms with Gasteiger partial charge in [-0.2, -0.15) is 0 Å². The van der Waals surface area contributed by atoms with E-state index in [0.29, 0.717) is 23.3 Å². The van der Waals surface area contributed by atoms with Crippen LogP contribution in [-0.4, -0.2) is 31.0 Å². The van der Waals surface area contributed by atoms with Gasteiger partial charge in [0.2, 0.25) is 0 Å². The minimum Gasteiger partial charge on any atom is -0.405 e. The van der Waals surface area contributed by atoms with Gasteiger partial charge < -0.3 is 9.72 Å². The van der Waals surface area contributed by atoms with E-state index in [2.05, 4.69) is 14.7 Å². The fourth-order valence-electron chi connectivity index (χ4n) is 3.83. The lowest BCUT2D eigenvalue weighted by Crippen LogP contribution is -2.15. The Morgan fingerprint density at radius 3 is 2.50 bits per heavy atom. The molecule has 0 spiro atoms. The predicted molar refractivity (Wildman–Crippen MR) is 125 cm³/mol. The predicted octanol–water partition coefficient (Wildman–Crippen LogP) is 6.71. The second kappa shape index (κ2) is 8.94. The third kappa shape index (κ3) is 5.26. The maximum Gasteiger partial charge on any atom is 0.573 e. The van der Waals surface area contributed by atoms with Crippen LogP contribution >= 0.6 is 23.2 Å². The lowest BCUT2D eigenvalue weighted by atomic mass is 9.89. The van der Waals surface area contributed by atoms with Crippen molar-refractivity contribution in [3.05, 3.63) is 75.2 Å². The molecule has 1 unspecified atom stereocenters. The van der Waals surface area contributed by atoms with Crippen LogP contribution in [0.25, 0.3) is 16.6 Å². The number of hydrogen-bond donors (Lipinski definition) is 1. The standard InChI is InChI=1S/C23H19Cl2F3N2O3S/c1-12-3-8-18(33-23(26,27)28)15(9-12)20-16(24)11-17-22(21(20)25)30-19(29-17)10-13-4-6-14(7-5-13)34(2,31)32/h3-8,11-12H,9-10H2,1-2H3,(H,29,30). The zero-order valence-electron chi connectivity index (χ0n) is 18.0. The molecule has 1 aromatic heterocycles. The van der Waals surface area contributed by atoms with Gasteiger partial charge >= 0.3 is 6.36 Å². The molecule has 0 amide bonds. The average Bonchev–Trinajstić information content (AvgIpc) is 3.11. The second-order valence-corrected chi connectivity index (χ2v) is 11.0.